The summed E-state index contributed by atoms with van der Waals surface area (Å²) in [7, 11) is 0. The largest absolute Gasteiger partial charge is 0.356 e. The fourth-order valence-electron chi connectivity index (χ4n) is 2.09. The number of carbonyl (C=O) groups is 1. The first-order valence-electron chi connectivity index (χ1n) is 5.54. The van der Waals surface area contributed by atoms with Crippen LogP contribution in [-0.4, -0.2) is 30.0 Å². The standard InChI is InChI=1S/C10H21N3O2/c1-8-4-3-6-13(9(8)2)7-5-10(14)15-12-11/h8-9,12H,3-7,11H2,1-2H3. The van der Waals surface area contributed by atoms with Gasteiger partial charge in [-0.2, -0.15) is 0 Å². The summed E-state index contributed by atoms with van der Waals surface area (Å²) in [5, 5.41) is 0. The molecule has 0 bridgehead atoms. The Labute approximate surface area is 90.9 Å². The summed E-state index contributed by atoms with van der Waals surface area (Å²) >= 11 is 0. The van der Waals surface area contributed by atoms with E-state index in [-0.39, 0.29) is 5.97 Å². The zero-order valence-corrected chi connectivity index (χ0v) is 9.53. The maximum atomic E-state index is 11.1. The smallest absolute Gasteiger partial charge is 0.327 e. The van der Waals surface area contributed by atoms with E-state index in [9.17, 15) is 4.79 Å². The van der Waals surface area contributed by atoms with Crippen LogP contribution in [0.25, 0.3) is 0 Å². The normalized spacial score (nSPS) is 27.7. The van der Waals surface area contributed by atoms with Crippen LogP contribution in [0.1, 0.15) is 33.1 Å². The second kappa shape index (κ2) is 6.05. The van der Waals surface area contributed by atoms with E-state index in [1.54, 1.807) is 0 Å². The Morgan fingerprint density at radius 3 is 3.00 bits per heavy atom. The van der Waals surface area contributed by atoms with Crippen molar-refractivity contribution in [2.75, 3.05) is 13.1 Å². The Morgan fingerprint density at radius 2 is 2.33 bits per heavy atom. The first-order valence-corrected chi connectivity index (χ1v) is 5.54. The van der Waals surface area contributed by atoms with Crippen LogP contribution in [0.4, 0.5) is 0 Å². The van der Waals surface area contributed by atoms with Crippen molar-refractivity contribution in [2.24, 2.45) is 11.8 Å². The molecule has 1 aliphatic rings. The van der Waals surface area contributed by atoms with E-state index in [4.69, 9.17) is 5.84 Å². The van der Waals surface area contributed by atoms with Gasteiger partial charge in [0.2, 0.25) is 0 Å². The number of hydrogen-bond acceptors (Lipinski definition) is 5. The van der Waals surface area contributed by atoms with E-state index < -0.39 is 0 Å². The van der Waals surface area contributed by atoms with Crippen LogP contribution in [0.2, 0.25) is 0 Å². The predicted molar refractivity (Wildman–Crippen MR) is 57.5 cm³/mol. The Morgan fingerprint density at radius 1 is 1.60 bits per heavy atom. The van der Waals surface area contributed by atoms with Crippen LogP contribution in [0.3, 0.4) is 0 Å². The third-order valence-electron chi connectivity index (χ3n) is 3.28. The fraction of sp³-hybridized carbons (Fsp3) is 0.900. The molecule has 0 aliphatic carbocycles. The van der Waals surface area contributed by atoms with Crippen LogP contribution in [0, 0.1) is 5.92 Å². The topological polar surface area (TPSA) is 67.6 Å². The number of hydrogen-bond donors (Lipinski definition) is 2. The summed E-state index contributed by atoms with van der Waals surface area (Å²) in [5.74, 6) is 5.29. The molecule has 0 amide bonds. The molecule has 0 aromatic carbocycles. The molecule has 0 spiro atoms. The number of rotatable bonds is 4. The lowest BCUT2D eigenvalue weighted by Crippen LogP contribution is -2.43. The Bertz CT molecular complexity index is 211. The van der Waals surface area contributed by atoms with Crippen molar-refractivity contribution in [1.82, 2.24) is 10.5 Å². The summed E-state index contributed by atoms with van der Waals surface area (Å²) in [4.78, 5) is 17.9. The van der Waals surface area contributed by atoms with Gasteiger partial charge in [0.25, 0.3) is 0 Å². The molecule has 1 heterocycles. The monoisotopic (exact) mass is 215 g/mol. The van der Waals surface area contributed by atoms with Crippen molar-refractivity contribution >= 4 is 5.97 Å². The molecule has 1 fully saturated rings. The number of likely N-dealkylation sites (tertiary alicyclic amines) is 1. The molecule has 0 saturated carbocycles. The zero-order valence-electron chi connectivity index (χ0n) is 9.53. The summed E-state index contributed by atoms with van der Waals surface area (Å²) < 4.78 is 0. The SMILES string of the molecule is CC1CCCN(CCC(=O)ONN)C1C. The van der Waals surface area contributed by atoms with E-state index >= 15 is 0 Å². The van der Waals surface area contributed by atoms with Gasteiger partial charge in [-0.25, -0.2) is 5.84 Å². The van der Waals surface area contributed by atoms with Gasteiger partial charge in [0.05, 0.1) is 6.42 Å². The second-order valence-corrected chi connectivity index (χ2v) is 4.24. The van der Waals surface area contributed by atoms with Gasteiger partial charge < -0.3 is 4.84 Å². The highest BCUT2D eigenvalue weighted by atomic mass is 16.7. The van der Waals surface area contributed by atoms with E-state index in [2.05, 4.69) is 23.6 Å². The van der Waals surface area contributed by atoms with Crippen molar-refractivity contribution < 1.29 is 9.63 Å². The highest BCUT2D eigenvalue weighted by Gasteiger charge is 2.24. The first kappa shape index (κ1) is 12.4. The minimum absolute atomic E-state index is 0.303. The molecule has 1 rings (SSSR count). The molecule has 0 aromatic rings. The van der Waals surface area contributed by atoms with E-state index in [1.165, 1.54) is 12.8 Å². The highest BCUT2D eigenvalue weighted by Crippen LogP contribution is 2.22. The molecule has 2 atom stereocenters. The molecule has 88 valence electrons. The van der Waals surface area contributed by atoms with E-state index in [1.807, 2.05) is 5.59 Å². The zero-order chi connectivity index (χ0) is 11.3. The number of nitrogens with one attached hydrogen (secondary N) is 1. The lowest BCUT2D eigenvalue weighted by atomic mass is 9.92. The lowest BCUT2D eigenvalue weighted by molar-refractivity contribution is -0.151. The minimum Gasteiger partial charge on any atom is -0.356 e. The third-order valence-corrected chi connectivity index (χ3v) is 3.28. The second-order valence-electron chi connectivity index (χ2n) is 4.24. The lowest BCUT2D eigenvalue weighted by Gasteiger charge is -2.37. The summed E-state index contributed by atoms with van der Waals surface area (Å²) in [6, 6.07) is 0.553. The fourth-order valence-corrected chi connectivity index (χ4v) is 2.09. The number of carbonyl (C=O) groups excluding carboxylic acids is 1. The molecule has 1 saturated heterocycles. The molecule has 15 heavy (non-hydrogen) atoms. The summed E-state index contributed by atoms with van der Waals surface area (Å²) in [5.41, 5.74) is 1.91. The highest BCUT2D eigenvalue weighted by molar-refractivity contribution is 5.69. The van der Waals surface area contributed by atoms with Crippen molar-refractivity contribution in [1.29, 1.82) is 0 Å². The van der Waals surface area contributed by atoms with Gasteiger partial charge in [-0.15, -0.1) is 0 Å². The molecular formula is C10H21N3O2. The van der Waals surface area contributed by atoms with Gasteiger partial charge in [-0.05, 0) is 32.2 Å². The van der Waals surface area contributed by atoms with Gasteiger partial charge in [-0.1, -0.05) is 12.5 Å². The number of piperidine rings is 1. The van der Waals surface area contributed by atoms with Crippen LogP contribution < -0.4 is 11.4 Å². The van der Waals surface area contributed by atoms with Gasteiger partial charge >= 0.3 is 5.97 Å². The van der Waals surface area contributed by atoms with Gasteiger partial charge in [0.1, 0.15) is 0 Å². The molecule has 0 radical (unpaired) electrons. The molecule has 3 N–H and O–H groups in total. The predicted octanol–water partition coefficient (Wildman–Crippen LogP) is 0.418. The van der Waals surface area contributed by atoms with Gasteiger partial charge in [0, 0.05) is 12.6 Å². The average Bonchev–Trinajstić information content (AvgIpc) is 2.21. The van der Waals surface area contributed by atoms with Gasteiger partial charge in [0.15, 0.2) is 0 Å². The van der Waals surface area contributed by atoms with E-state index in [0.29, 0.717) is 18.4 Å². The number of nitrogens with zero attached hydrogens (tertiary/aromatic N) is 1. The maximum Gasteiger partial charge on any atom is 0.327 e. The molecular weight excluding hydrogens is 194 g/mol. The van der Waals surface area contributed by atoms with Crippen molar-refractivity contribution in [3.8, 4) is 0 Å². The number of hydrazine groups is 1. The van der Waals surface area contributed by atoms with Crippen LogP contribution >= 0.6 is 0 Å². The van der Waals surface area contributed by atoms with Crippen LogP contribution in [0.5, 0.6) is 0 Å². The Kier molecular flexibility index (Phi) is 5.01. The number of nitrogens with two attached hydrogens (primary N) is 1. The summed E-state index contributed by atoms with van der Waals surface area (Å²) in [6.45, 7) is 6.31. The maximum absolute atomic E-state index is 11.1. The molecule has 5 nitrogen and oxygen atoms in total. The third kappa shape index (κ3) is 3.77. The van der Waals surface area contributed by atoms with Crippen molar-refractivity contribution in [3.05, 3.63) is 0 Å². The van der Waals surface area contributed by atoms with Crippen LogP contribution in [0.15, 0.2) is 0 Å². The minimum atomic E-state index is -0.303. The Balaban J connectivity index is 2.28. The molecule has 5 heteroatoms. The average molecular weight is 215 g/mol. The van der Waals surface area contributed by atoms with Gasteiger partial charge in [-0.3, -0.25) is 9.69 Å². The summed E-state index contributed by atoms with van der Waals surface area (Å²) in [6.07, 6.45) is 2.89. The van der Waals surface area contributed by atoms with Crippen molar-refractivity contribution in [3.63, 3.8) is 0 Å². The van der Waals surface area contributed by atoms with Crippen LogP contribution in [-0.2, 0) is 9.63 Å². The van der Waals surface area contributed by atoms with E-state index in [0.717, 1.165) is 13.1 Å². The molecule has 1 aliphatic heterocycles. The quantitative estimate of drug-likeness (QED) is 0.525. The Hall–Kier alpha value is -0.650. The van der Waals surface area contributed by atoms with Crippen molar-refractivity contribution in [2.45, 2.75) is 39.2 Å². The molecule has 2 unspecified atom stereocenters. The first-order chi connectivity index (χ1) is 7.15. The molecule has 0 aromatic heterocycles.